The maximum absolute atomic E-state index is 5.88. The van der Waals surface area contributed by atoms with Crippen molar-refractivity contribution < 1.29 is 9.15 Å². The van der Waals surface area contributed by atoms with Crippen molar-refractivity contribution >= 4 is 0 Å². The van der Waals surface area contributed by atoms with Crippen LogP contribution in [-0.2, 0) is 0 Å². The number of rotatable bonds is 7. The number of hydrogen-bond donors (Lipinski definition) is 1. The van der Waals surface area contributed by atoms with E-state index in [9.17, 15) is 0 Å². The smallest absolute Gasteiger partial charge is 0.124 e. The van der Waals surface area contributed by atoms with Crippen molar-refractivity contribution in [2.24, 2.45) is 0 Å². The second-order valence-corrected chi connectivity index (χ2v) is 4.81. The molecule has 0 saturated heterocycles. The maximum atomic E-state index is 5.88. The predicted molar refractivity (Wildman–Crippen MR) is 81.2 cm³/mol. The molecule has 0 aliphatic carbocycles. The van der Waals surface area contributed by atoms with E-state index in [0.29, 0.717) is 0 Å². The molecule has 0 spiro atoms. The van der Waals surface area contributed by atoms with Crippen LogP contribution in [0.1, 0.15) is 43.2 Å². The summed E-state index contributed by atoms with van der Waals surface area (Å²) < 4.78 is 11.3. The first-order valence-electron chi connectivity index (χ1n) is 7.27. The summed E-state index contributed by atoms with van der Waals surface area (Å²) in [6.45, 7) is 7.84. The molecule has 108 valence electrons. The number of hydrogen-bond acceptors (Lipinski definition) is 3. The molecule has 0 radical (unpaired) electrons. The van der Waals surface area contributed by atoms with Crippen molar-refractivity contribution in [1.82, 2.24) is 5.32 Å². The van der Waals surface area contributed by atoms with Gasteiger partial charge in [0.15, 0.2) is 0 Å². The van der Waals surface area contributed by atoms with Gasteiger partial charge in [-0.3, -0.25) is 0 Å². The fourth-order valence-electron chi connectivity index (χ4n) is 2.35. The number of para-hydroxylation sites is 1. The first-order chi connectivity index (χ1) is 9.77. The van der Waals surface area contributed by atoms with Gasteiger partial charge in [0.2, 0.25) is 0 Å². The lowest BCUT2D eigenvalue weighted by molar-refractivity contribution is 0.311. The molecule has 2 rings (SSSR count). The Bertz CT molecular complexity index is 533. The normalized spacial score (nSPS) is 12.3. The van der Waals surface area contributed by atoms with E-state index < -0.39 is 0 Å². The summed E-state index contributed by atoms with van der Waals surface area (Å²) in [4.78, 5) is 0. The van der Waals surface area contributed by atoms with Gasteiger partial charge in [-0.15, -0.1) is 0 Å². The van der Waals surface area contributed by atoms with Crippen molar-refractivity contribution in [2.75, 3.05) is 13.2 Å². The topological polar surface area (TPSA) is 34.4 Å². The van der Waals surface area contributed by atoms with E-state index in [0.717, 1.165) is 36.6 Å². The maximum Gasteiger partial charge on any atom is 0.124 e. The van der Waals surface area contributed by atoms with E-state index in [1.807, 2.05) is 31.2 Å². The van der Waals surface area contributed by atoms with Gasteiger partial charge in [0.1, 0.15) is 11.5 Å². The van der Waals surface area contributed by atoms with Crippen molar-refractivity contribution in [3.63, 3.8) is 0 Å². The van der Waals surface area contributed by atoms with Crippen molar-refractivity contribution in [3.05, 3.63) is 53.5 Å². The van der Waals surface area contributed by atoms with Gasteiger partial charge in [0, 0.05) is 11.1 Å². The standard InChI is InChI=1S/C17H23NO2/c1-4-11-20-16-9-7-6-8-15(16)17(18-5-2)14-10-12-19-13(14)3/h6-10,12,17-18H,4-5,11H2,1-3H3. The molecule has 1 unspecified atom stereocenters. The van der Waals surface area contributed by atoms with Crippen molar-refractivity contribution in [3.8, 4) is 5.75 Å². The van der Waals surface area contributed by atoms with E-state index >= 15 is 0 Å². The highest BCUT2D eigenvalue weighted by Crippen LogP contribution is 2.32. The summed E-state index contributed by atoms with van der Waals surface area (Å²) in [5.41, 5.74) is 2.33. The molecule has 3 nitrogen and oxygen atoms in total. The number of ether oxygens (including phenoxy) is 1. The second kappa shape index (κ2) is 7.15. The minimum absolute atomic E-state index is 0.104. The molecule has 0 aliphatic rings. The Hall–Kier alpha value is -1.74. The monoisotopic (exact) mass is 273 g/mol. The average Bonchev–Trinajstić information content (AvgIpc) is 2.89. The summed E-state index contributed by atoms with van der Waals surface area (Å²) in [6, 6.07) is 10.3. The third kappa shape index (κ3) is 3.23. The minimum Gasteiger partial charge on any atom is -0.493 e. The van der Waals surface area contributed by atoms with Crippen LogP contribution in [0.25, 0.3) is 0 Å². The van der Waals surface area contributed by atoms with E-state index in [1.165, 1.54) is 5.56 Å². The molecular formula is C17H23NO2. The van der Waals surface area contributed by atoms with Crippen LogP contribution >= 0.6 is 0 Å². The zero-order valence-corrected chi connectivity index (χ0v) is 12.5. The van der Waals surface area contributed by atoms with E-state index in [4.69, 9.17) is 9.15 Å². The Kier molecular flexibility index (Phi) is 5.24. The highest BCUT2D eigenvalue weighted by atomic mass is 16.5. The van der Waals surface area contributed by atoms with Gasteiger partial charge >= 0.3 is 0 Å². The molecule has 1 heterocycles. The number of aryl methyl sites for hydroxylation is 1. The quantitative estimate of drug-likeness (QED) is 0.825. The van der Waals surface area contributed by atoms with Gasteiger partial charge in [0.25, 0.3) is 0 Å². The number of furan rings is 1. The third-order valence-electron chi connectivity index (χ3n) is 3.31. The zero-order chi connectivity index (χ0) is 14.4. The summed E-state index contributed by atoms with van der Waals surface area (Å²) in [6.07, 6.45) is 2.75. The van der Waals surface area contributed by atoms with E-state index in [-0.39, 0.29) is 6.04 Å². The van der Waals surface area contributed by atoms with Crippen LogP contribution < -0.4 is 10.1 Å². The van der Waals surface area contributed by atoms with Crippen LogP contribution in [0.5, 0.6) is 5.75 Å². The van der Waals surface area contributed by atoms with Crippen LogP contribution in [0, 0.1) is 6.92 Å². The molecule has 20 heavy (non-hydrogen) atoms. The Labute approximate surface area is 121 Å². The Balaban J connectivity index is 2.36. The van der Waals surface area contributed by atoms with Crippen molar-refractivity contribution in [1.29, 1.82) is 0 Å². The molecule has 1 N–H and O–H groups in total. The molecule has 1 aromatic heterocycles. The summed E-state index contributed by atoms with van der Waals surface area (Å²) in [5, 5.41) is 3.52. The lowest BCUT2D eigenvalue weighted by Gasteiger charge is -2.21. The van der Waals surface area contributed by atoms with Gasteiger partial charge in [-0.1, -0.05) is 32.0 Å². The molecule has 0 saturated carbocycles. The average molecular weight is 273 g/mol. The fraction of sp³-hybridized carbons (Fsp3) is 0.412. The molecule has 3 heteroatoms. The minimum atomic E-state index is 0.104. The number of benzene rings is 1. The van der Waals surface area contributed by atoms with Crippen LogP contribution in [0.3, 0.4) is 0 Å². The zero-order valence-electron chi connectivity index (χ0n) is 12.5. The van der Waals surface area contributed by atoms with E-state index in [1.54, 1.807) is 6.26 Å². The van der Waals surface area contributed by atoms with Gasteiger partial charge < -0.3 is 14.5 Å². The van der Waals surface area contributed by atoms with Crippen LogP contribution in [0.4, 0.5) is 0 Å². The summed E-state index contributed by atoms with van der Waals surface area (Å²) in [5.74, 6) is 1.89. The molecule has 0 fully saturated rings. The van der Waals surface area contributed by atoms with Gasteiger partial charge in [-0.25, -0.2) is 0 Å². The van der Waals surface area contributed by atoms with Crippen LogP contribution in [-0.4, -0.2) is 13.2 Å². The largest absolute Gasteiger partial charge is 0.493 e. The molecule has 0 bridgehead atoms. The van der Waals surface area contributed by atoms with E-state index in [2.05, 4.69) is 25.2 Å². The predicted octanol–water partition coefficient (Wildman–Crippen LogP) is 4.08. The molecule has 2 aromatic rings. The molecule has 0 amide bonds. The first-order valence-corrected chi connectivity index (χ1v) is 7.27. The highest BCUT2D eigenvalue weighted by molar-refractivity contribution is 5.42. The Morgan fingerprint density at radius 1 is 1.15 bits per heavy atom. The fourth-order valence-corrected chi connectivity index (χ4v) is 2.35. The first kappa shape index (κ1) is 14.7. The van der Waals surface area contributed by atoms with Crippen LogP contribution in [0.2, 0.25) is 0 Å². The molecule has 1 atom stereocenters. The van der Waals surface area contributed by atoms with Gasteiger partial charge in [0.05, 0.1) is 18.9 Å². The Morgan fingerprint density at radius 3 is 2.60 bits per heavy atom. The van der Waals surface area contributed by atoms with Crippen molar-refractivity contribution in [2.45, 2.75) is 33.2 Å². The SMILES string of the molecule is CCCOc1ccccc1C(NCC)c1ccoc1C. The lowest BCUT2D eigenvalue weighted by atomic mass is 9.98. The van der Waals surface area contributed by atoms with Crippen LogP contribution in [0.15, 0.2) is 41.0 Å². The second-order valence-electron chi connectivity index (χ2n) is 4.81. The lowest BCUT2D eigenvalue weighted by Crippen LogP contribution is -2.23. The molecule has 1 aromatic carbocycles. The summed E-state index contributed by atoms with van der Waals surface area (Å²) in [7, 11) is 0. The number of nitrogens with one attached hydrogen (secondary N) is 1. The molecular weight excluding hydrogens is 250 g/mol. The van der Waals surface area contributed by atoms with Gasteiger partial charge in [-0.05, 0) is 32.0 Å². The summed E-state index contributed by atoms with van der Waals surface area (Å²) >= 11 is 0. The third-order valence-corrected chi connectivity index (χ3v) is 3.31. The Morgan fingerprint density at radius 2 is 1.95 bits per heavy atom. The highest BCUT2D eigenvalue weighted by Gasteiger charge is 2.20. The van der Waals surface area contributed by atoms with Gasteiger partial charge in [-0.2, -0.15) is 0 Å². The molecule has 0 aliphatic heterocycles.